The average Bonchev–Trinajstić information content (AvgIpc) is 3.58. The van der Waals surface area contributed by atoms with E-state index in [1.54, 1.807) is 18.2 Å². The predicted octanol–water partition coefficient (Wildman–Crippen LogP) is 7.00. The molecule has 2 aliphatic rings. The second-order valence-corrected chi connectivity index (χ2v) is 12.7. The summed E-state index contributed by atoms with van der Waals surface area (Å²) in [5, 5.41) is 21.0. The van der Waals surface area contributed by atoms with Crippen molar-refractivity contribution in [3.05, 3.63) is 99.6 Å². The first-order valence-corrected chi connectivity index (χ1v) is 15.5. The zero-order valence-corrected chi connectivity index (χ0v) is 25.1. The molecule has 0 unspecified atom stereocenters. The van der Waals surface area contributed by atoms with E-state index in [0.29, 0.717) is 56.9 Å². The van der Waals surface area contributed by atoms with Crippen LogP contribution in [0, 0.1) is 0 Å². The fraction of sp³-hybridized carbons (Fsp3) is 0.226. The molecule has 0 aliphatic carbocycles. The number of ketones is 1. The zero-order valence-electron chi connectivity index (χ0n) is 22.7. The standard InChI is InChI=1S/C31H26ClN3O5S2/c1-17(2)19-5-7-20(8-6-19)26-25(27(36)21-9-12-23-24(15-21)40-14-13-39-23)28(37)29(38)35(26)30-33-34-31(42-30)41-16-18-3-10-22(32)11-4-18/h3-12,15,17,26,36H,13-14,16H2,1-2H3/b27-25+/t26-/m0/s1. The molecule has 1 fully saturated rings. The molecule has 42 heavy (non-hydrogen) atoms. The van der Waals surface area contributed by atoms with Gasteiger partial charge < -0.3 is 14.6 Å². The minimum Gasteiger partial charge on any atom is -0.507 e. The molecule has 11 heteroatoms. The number of aliphatic hydroxyl groups is 1. The number of benzene rings is 3. The van der Waals surface area contributed by atoms with Gasteiger partial charge in [-0.3, -0.25) is 14.5 Å². The van der Waals surface area contributed by atoms with Gasteiger partial charge in [-0.25, -0.2) is 0 Å². The van der Waals surface area contributed by atoms with Crippen LogP contribution in [0.2, 0.25) is 5.02 Å². The van der Waals surface area contributed by atoms with E-state index in [0.717, 1.165) is 11.1 Å². The molecule has 214 valence electrons. The van der Waals surface area contributed by atoms with Crippen molar-refractivity contribution in [1.29, 1.82) is 0 Å². The summed E-state index contributed by atoms with van der Waals surface area (Å²) in [7, 11) is 0. The Morgan fingerprint density at radius 2 is 1.74 bits per heavy atom. The SMILES string of the molecule is CC(C)c1ccc([C@H]2/C(=C(\O)c3ccc4c(c3)OCCO4)C(=O)C(=O)N2c2nnc(SCc3ccc(Cl)cc3)s2)cc1. The molecule has 8 nitrogen and oxygen atoms in total. The second kappa shape index (κ2) is 11.8. The van der Waals surface area contributed by atoms with E-state index in [9.17, 15) is 14.7 Å². The van der Waals surface area contributed by atoms with Crippen LogP contribution in [0.1, 0.15) is 48.1 Å². The summed E-state index contributed by atoms with van der Waals surface area (Å²) in [6, 6.07) is 19.3. The Bertz CT molecular complexity index is 1690. The Kier molecular flexibility index (Phi) is 7.94. The van der Waals surface area contributed by atoms with E-state index < -0.39 is 17.7 Å². The summed E-state index contributed by atoms with van der Waals surface area (Å²) in [5.41, 5.74) is 3.16. The van der Waals surface area contributed by atoms with Crippen LogP contribution in [0.25, 0.3) is 5.76 Å². The number of aliphatic hydroxyl groups excluding tert-OH is 1. The van der Waals surface area contributed by atoms with E-state index in [1.165, 1.54) is 28.0 Å². The highest BCUT2D eigenvalue weighted by atomic mass is 35.5. The van der Waals surface area contributed by atoms with Crippen LogP contribution >= 0.6 is 34.7 Å². The molecular formula is C31H26ClN3O5S2. The van der Waals surface area contributed by atoms with E-state index in [1.807, 2.05) is 48.5 Å². The highest BCUT2D eigenvalue weighted by Crippen LogP contribution is 2.45. The predicted molar refractivity (Wildman–Crippen MR) is 164 cm³/mol. The number of anilines is 1. The molecule has 3 heterocycles. The van der Waals surface area contributed by atoms with E-state index in [2.05, 4.69) is 24.0 Å². The number of aromatic nitrogens is 2. The Hall–Kier alpha value is -3.86. The lowest BCUT2D eigenvalue weighted by Gasteiger charge is -2.23. The third-order valence-electron chi connectivity index (χ3n) is 7.06. The van der Waals surface area contributed by atoms with E-state index >= 15 is 0 Å². The molecule has 4 aromatic rings. The maximum atomic E-state index is 13.6. The van der Waals surface area contributed by atoms with Gasteiger partial charge in [-0.1, -0.05) is 84.9 Å². The van der Waals surface area contributed by atoms with E-state index in [-0.39, 0.29) is 16.5 Å². The van der Waals surface area contributed by atoms with E-state index in [4.69, 9.17) is 21.1 Å². The van der Waals surface area contributed by atoms with Gasteiger partial charge >= 0.3 is 5.91 Å². The molecule has 6 rings (SSSR count). The second-order valence-electron chi connectivity index (χ2n) is 10.1. The molecular weight excluding hydrogens is 594 g/mol. The van der Waals surface area contributed by atoms with Crippen molar-refractivity contribution in [3.63, 3.8) is 0 Å². The van der Waals surface area contributed by atoms with Gasteiger partial charge in [0, 0.05) is 16.3 Å². The van der Waals surface area contributed by atoms with Crippen LogP contribution in [-0.4, -0.2) is 40.2 Å². The maximum absolute atomic E-state index is 13.6. The zero-order chi connectivity index (χ0) is 29.4. The maximum Gasteiger partial charge on any atom is 0.301 e. The van der Waals surface area contributed by atoms with Crippen molar-refractivity contribution in [1.82, 2.24) is 10.2 Å². The highest BCUT2D eigenvalue weighted by molar-refractivity contribution is 8.00. The van der Waals surface area contributed by atoms with Gasteiger partial charge in [-0.05, 0) is 52.9 Å². The number of carbonyl (C=O) groups is 2. The molecule has 0 radical (unpaired) electrons. The molecule has 1 saturated heterocycles. The van der Waals surface area contributed by atoms with Gasteiger partial charge in [0.15, 0.2) is 15.8 Å². The summed E-state index contributed by atoms with van der Waals surface area (Å²) in [4.78, 5) is 28.5. The minimum atomic E-state index is -0.901. The Labute approximate surface area is 255 Å². The largest absolute Gasteiger partial charge is 0.507 e. The van der Waals surface area contributed by atoms with Gasteiger partial charge in [0.1, 0.15) is 19.0 Å². The fourth-order valence-electron chi connectivity index (χ4n) is 4.84. The molecule has 2 aliphatic heterocycles. The molecule has 1 amide bonds. The van der Waals surface area contributed by atoms with Gasteiger partial charge in [0.25, 0.3) is 5.78 Å². The quantitative estimate of drug-likeness (QED) is 0.0775. The number of Topliss-reactive ketones (excluding diaryl/α,β-unsaturated/α-hetero) is 1. The number of hydrogen-bond acceptors (Lipinski definition) is 9. The highest BCUT2D eigenvalue weighted by Gasteiger charge is 2.48. The van der Waals surface area contributed by atoms with Crippen molar-refractivity contribution in [2.75, 3.05) is 18.1 Å². The first-order valence-electron chi connectivity index (χ1n) is 13.3. The van der Waals surface area contributed by atoms with Crippen LogP contribution in [0.5, 0.6) is 11.5 Å². The van der Waals surface area contributed by atoms with Gasteiger partial charge in [0.05, 0.1) is 11.6 Å². The number of amides is 1. The minimum absolute atomic E-state index is 0.0282. The molecule has 1 N–H and O–H groups in total. The van der Waals surface area contributed by atoms with Crippen molar-refractivity contribution in [2.45, 2.75) is 35.9 Å². The number of carbonyl (C=O) groups excluding carboxylic acids is 2. The fourth-order valence-corrected chi connectivity index (χ4v) is 6.79. The lowest BCUT2D eigenvalue weighted by atomic mass is 9.93. The first-order chi connectivity index (χ1) is 20.3. The number of rotatable bonds is 7. The molecule has 1 aromatic heterocycles. The number of thioether (sulfide) groups is 1. The summed E-state index contributed by atoms with van der Waals surface area (Å²) in [6.07, 6.45) is 0. The topological polar surface area (TPSA) is 102 Å². The third-order valence-corrected chi connectivity index (χ3v) is 9.44. The van der Waals surface area contributed by atoms with Gasteiger partial charge in [0.2, 0.25) is 5.13 Å². The van der Waals surface area contributed by atoms with Crippen LogP contribution in [0.3, 0.4) is 0 Å². The van der Waals surface area contributed by atoms with Crippen LogP contribution in [0.15, 0.2) is 76.6 Å². The van der Waals surface area contributed by atoms with Crippen LogP contribution in [-0.2, 0) is 15.3 Å². The van der Waals surface area contributed by atoms with Crippen LogP contribution in [0.4, 0.5) is 5.13 Å². The molecule has 0 bridgehead atoms. The number of fused-ring (bicyclic) bond motifs is 1. The van der Waals surface area contributed by atoms with Crippen molar-refractivity contribution in [2.24, 2.45) is 0 Å². The Morgan fingerprint density at radius 1 is 1.02 bits per heavy atom. The summed E-state index contributed by atoms with van der Waals surface area (Å²) >= 11 is 8.69. The Balaban J connectivity index is 1.39. The lowest BCUT2D eigenvalue weighted by Crippen LogP contribution is -2.29. The molecule has 1 atom stereocenters. The monoisotopic (exact) mass is 619 g/mol. The van der Waals surface area contributed by atoms with Crippen molar-refractivity contribution < 1.29 is 24.2 Å². The van der Waals surface area contributed by atoms with Crippen LogP contribution < -0.4 is 14.4 Å². The number of ether oxygens (including phenoxy) is 2. The normalized spacial score (nSPS) is 17.7. The number of hydrogen-bond donors (Lipinski definition) is 1. The molecule has 0 saturated carbocycles. The average molecular weight is 620 g/mol. The third kappa shape index (κ3) is 5.49. The number of halogens is 1. The van der Waals surface area contributed by atoms with Gasteiger partial charge in [-0.2, -0.15) is 0 Å². The Morgan fingerprint density at radius 3 is 2.45 bits per heavy atom. The first kappa shape index (κ1) is 28.3. The molecule has 0 spiro atoms. The summed E-state index contributed by atoms with van der Waals surface area (Å²) < 4.78 is 11.9. The van der Waals surface area contributed by atoms with Crippen molar-refractivity contribution in [3.8, 4) is 11.5 Å². The smallest absolute Gasteiger partial charge is 0.301 e. The number of nitrogens with zero attached hydrogens (tertiary/aromatic N) is 3. The summed E-state index contributed by atoms with van der Waals surface area (Å²) in [5.74, 6) is 0.0670. The lowest BCUT2D eigenvalue weighted by molar-refractivity contribution is -0.132. The molecule has 3 aromatic carbocycles. The summed E-state index contributed by atoms with van der Waals surface area (Å²) in [6.45, 7) is 4.98. The van der Waals surface area contributed by atoms with Gasteiger partial charge in [-0.15, -0.1) is 10.2 Å². The van der Waals surface area contributed by atoms with Crippen molar-refractivity contribution >= 4 is 57.3 Å².